The third-order valence-corrected chi connectivity index (χ3v) is 18.9. The van der Waals surface area contributed by atoms with Crippen LogP contribution in [-0.2, 0) is 23.1 Å². The summed E-state index contributed by atoms with van der Waals surface area (Å²) >= 11 is 0. The number of ether oxygens (including phenoxy) is 2. The van der Waals surface area contributed by atoms with Gasteiger partial charge >= 0.3 is 5.97 Å². The van der Waals surface area contributed by atoms with Crippen LogP contribution in [0.3, 0.4) is 0 Å². The minimum Gasteiger partial charge on any atom is -0.463 e. The van der Waals surface area contributed by atoms with E-state index >= 15 is 0 Å². The lowest BCUT2D eigenvalue weighted by Gasteiger charge is -2.46. The fourth-order valence-corrected chi connectivity index (χ4v) is 11.8. The quantitative estimate of drug-likeness (QED) is 0.146. The zero-order valence-electron chi connectivity index (χ0n) is 28.5. The van der Waals surface area contributed by atoms with Gasteiger partial charge in [0.1, 0.15) is 0 Å². The van der Waals surface area contributed by atoms with Crippen molar-refractivity contribution in [2.75, 3.05) is 13.2 Å². The van der Waals surface area contributed by atoms with Gasteiger partial charge in [-0.3, -0.25) is 0 Å². The fourth-order valence-electron chi connectivity index (χ4n) is 5.84. The van der Waals surface area contributed by atoms with Crippen molar-refractivity contribution in [1.29, 1.82) is 0 Å². The molecule has 0 unspecified atom stereocenters. The highest BCUT2D eigenvalue weighted by Gasteiger charge is 2.50. The molecule has 0 spiro atoms. The van der Waals surface area contributed by atoms with E-state index in [1.54, 1.807) is 0 Å². The lowest BCUT2D eigenvalue weighted by molar-refractivity contribution is -0.139. The zero-order valence-corrected chi connectivity index (χ0v) is 30.5. The summed E-state index contributed by atoms with van der Waals surface area (Å²) in [5.74, 6) is -0.190. The summed E-state index contributed by atoms with van der Waals surface area (Å²) in [6.45, 7) is 25.1. The average Bonchev–Trinajstić information content (AvgIpc) is 2.93. The van der Waals surface area contributed by atoms with E-state index in [9.17, 15) is 4.79 Å². The highest BCUT2D eigenvalue weighted by molar-refractivity contribution is 6.99. The Balaban J connectivity index is 1.92. The Bertz CT molecular complexity index is 1160. The van der Waals surface area contributed by atoms with Crippen molar-refractivity contribution < 1.29 is 23.1 Å². The molecule has 3 rings (SSSR count). The molecule has 0 saturated carbocycles. The van der Waals surface area contributed by atoms with E-state index in [0.29, 0.717) is 18.8 Å². The third kappa shape index (κ3) is 8.37. The Morgan fingerprint density at radius 3 is 1.93 bits per heavy atom. The fraction of sp³-hybridized carbons (Fsp3) is 0.583. The number of esters is 1. The molecule has 4 atom stereocenters. The van der Waals surface area contributed by atoms with Gasteiger partial charge in [0.15, 0.2) is 8.32 Å². The molecule has 2 aromatic rings. The van der Waals surface area contributed by atoms with Crippen LogP contribution in [0.5, 0.6) is 0 Å². The van der Waals surface area contributed by atoms with Gasteiger partial charge in [0.2, 0.25) is 0 Å². The Morgan fingerprint density at radius 1 is 0.930 bits per heavy atom. The summed E-state index contributed by atoms with van der Waals surface area (Å²) in [6.07, 6.45) is 3.23. The van der Waals surface area contributed by atoms with E-state index in [1.165, 1.54) is 10.4 Å². The highest BCUT2D eigenvalue weighted by Crippen LogP contribution is 2.41. The normalized spacial score (nSPS) is 22.3. The maximum absolute atomic E-state index is 12.5. The Kier molecular flexibility index (Phi) is 11.8. The molecule has 0 bridgehead atoms. The lowest BCUT2D eigenvalue weighted by Crippen LogP contribution is -2.66. The highest BCUT2D eigenvalue weighted by atomic mass is 28.4. The van der Waals surface area contributed by atoms with Gasteiger partial charge in [-0.05, 0) is 66.3 Å². The second kappa shape index (κ2) is 14.4. The van der Waals surface area contributed by atoms with E-state index in [0.717, 1.165) is 12.8 Å². The predicted octanol–water partition coefficient (Wildman–Crippen LogP) is 7.65. The predicted molar refractivity (Wildman–Crippen MR) is 183 cm³/mol. The zero-order chi connectivity index (χ0) is 32.1. The van der Waals surface area contributed by atoms with E-state index in [4.69, 9.17) is 18.3 Å². The molecule has 7 heteroatoms. The third-order valence-electron chi connectivity index (χ3n) is 9.39. The molecule has 2 aromatic carbocycles. The van der Waals surface area contributed by atoms with E-state index in [1.807, 2.05) is 19.9 Å². The van der Waals surface area contributed by atoms with Crippen molar-refractivity contribution in [3.63, 3.8) is 0 Å². The topological polar surface area (TPSA) is 54.0 Å². The van der Waals surface area contributed by atoms with Crippen LogP contribution < -0.4 is 10.4 Å². The summed E-state index contributed by atoms with van der Waals surface area (Å²) < 4.78 is 26.2. The molecule has 0 N–H and O–H groups in total. The number of carbonyl (C=O) groups excluding carboxylic acids is 1. The maximum atomic E-state index is 12.5. The molecule has 0 amide bonds. The van der Waals surface area contributed by atoms with Crippen molar-refractivity contribution in [3.05, 3.63) is 72.3 Å². The number of benzene rings is 2. The molecule has 0 aliphatic carbocycles. The summed E-state index contributed by atoms with van der Waals surface area (Å²) in [4.78, 5) is 12.5. The minimum atomic E-state index is -2.65. The monoisotopic (exact) mass is 624 g/mol. The van der Waals surface area contributed by atoms with Crippen LogP contribution >= 0.6 is 0 Å². The smallest absolute Gasteiger partial charge is 0.333 e. The van der Waals surface area contributed by atoms with Crippen LogP contribution in [0.1, 0.15) is 75.2 Å². The van der Waals surface area contributed by atoms with Gasteiger partial charge in [-0.1, -0.05) is 109 Å². The molecule has 1 saturated heterocycles. The lowest BCUT2D eigenvalue weighted by atomic mass is 9.88. The van der Waals surface area contributed by atoms with Gasteiger partial charge in [0.25, 0.3) is 8.32 Å². The van der Waals surface area contributed by atoms with Gasteiger partial charge in [0.05, 0.1) is 24.9 Å². The molecule has 0 aromatic heterocycles. The SMILES string of the molecule is CCOC(=O)/C(C)=C\[C@H]1O[C@@H](CCO[Si](c2ccccc2)(c2ccccc2)C(C)(C)C)C[C@H](O[Si](C)(C)C(C)(C)C)[C@H]1C. The molecule has 1 aliphatic rings. The number of carbonyl (C=O) groups is 1. The van der Waals surface area contributed by atoms with Gasteiger partial charge in [-0.25, -0.2) is 4.79 Å². The Labute approximate surface area is 263 Å². The van der Waals surface area contributed by atoms with Gasteiger partial charge in [0, 0.05) is 18.1 Å². The molecule has 5 nitrogen and oxygen atoms in total. The number of hydrogen-bond donors (Lipinski definition) is 0. The van der Waals surface area contributed by atoms with E-state index < -0.39 is 16.6 Å². The van der Waals surface area contributed by atoms with E-state index in [-0.39, 0.29) is 40.3 Å². The van der Waals surface area contributed by atoms with Gasteiger partial charge in [-0.15, -0.1) is 0 Å². The molecule has 1 fully saturated rings. The second-order valence-corrected chi connectivity index (χ2v) is 23.7. The van der Waals surface area contributed by atoms with Crippen LogP contribution in [-0.4, -0.2) is 54.1 Å². The summed E-state index contributed by atoms with van der Waals surface area (Å²) in [5.41, 5.74) is 0.578. The Hall–Kier alpha value is -2.04. The van der Waals surface area contributed by atoms with Crippen molar-refractivity contribution in [1.82, 2.24) is 0 Å². The van der Waals surface area contributed by atoms with E-state index in [2.05, 4.69) is 122 Å². The maximum Gasteiger partial charge on any atom is 0.333 e. The molecular weight excluding hydrogens is 569 g/mol. The number of rotatable bonds is 11. The summed E-state index contributed by atoms with van der Waals surface area (Å²) in [5, 5.41) is 2.56. The second-order valence-electron chi connectivity index (χ2n) is 14.6. The van der Waals surface area contributed by atoms with Crippen molar-refractivity contribution in [2.45, 2.75) is 117 Å². The van der Waals surface area contributed by atoms with Crippen molar-refractivity contribution in [3.8, 4) is 0 Å². The molecule has 1 heterocycles. The summed E-state index contributed by atoms with van der Waals surface area (Å²) in [6, 6.07) is 21.5. The van der Waals surface area contributed by atoms with Crippen LogP contribution in [0.4, 0.5) is 0 Å². The molecule has 43 heavy (non-hydrogen) atoms. The average molecular weight is 625 g/mol. The number of hydrogen-bond acceptors (Lipinski definition) is 5. The minimum absolute atomic E-state index is 0.0313. The van der Waals surface area contributed by atoms with Crippen LogP contribution in [0, 0.1) is 5.92 Å². The molecule has 1 aliphatic heterocycles. The summed E-state index contributed by atoms with van der Waals surface area (Å²) in [7, 11) is -4.68. The molecule has 238 valence electrons. The van der Waals surface area contributed by atoms with Crippen molar-refractivity contribution in [2.24, 2.45) is 5.92 Å². The molecular formula is C36H56O5Si2. The first-order chi connectivity index (χ1) is 20.0. The van der Waals surface area contributed by atoms with Crippen LogP contribution in [0.2, 0.25) is 23.2 Å². The van der Waals surface area contributed by atoms with Gasteiger partial charge in [-0.2, -0.15) is 0 Å². The van der Waals surface area contributed by atoms with Crippen LogP contribution in [0.25, 0.3) is 0 Å². The molecule has 0 radical (unpaired) electrons. The first kappa shape index (κ1) is 35.4. The first-order valence-corrected chi connectivity index (χ1v) is 20.8. The van der Waals surface area contributed by atoms with Crippen molar-refractivity contribution >= 4 is 33.0 Å². The Morgan fingerprint density at radius 2 is 1.47 bits per heavy atom. The standard InChI is InChI=1S/C36H56O5Si2/c1-12-38-34(37)27(2)25-32-28(3)33(41-42(10,11)35(4,5)6)26-29(40-32)23-24-39-43(36(7,8)9,30-19-15-13-16-20-30)31-21-17-14-18-22-31/h13-22,25,28-29,32-33H,12,23-24,26H2,1-11H3/b27-25-/t28-,29-,32+,33-/m0/s1. The van der Waals surface area contributed by atoms with Crippen LogP contribution in [0.15, 0.2) is 72.3 Å². The van der Waals surface area contributed by atoms with Gasteiger partial charge < -0.3 is 18.3 Å². The largest absolute Gasteiger partial charge is 0.463 e. The first-order valence-electron chi connectivity index (χ1n) is 16.0.